The number of Topliss-reactive ketones (excluding diaryl/α,β-unsaturated/α-hetero) is 3. The summed E-state index contributed by atoms with van der Waals surface area (Å²) in [5, 5.41) is 0. The number of carbonyl (C=O) groups is 3. The summed E-state index contributed by atoms with van der Waals surface area (Å²) in [6, 6.07) is 28.4. The van der Waals surface area contributed by atoms with Gasteiger partial charge < -0.3 is 9.64 Å². The summed E-state index contributed by atoms with van der Waals surface area (Å²) in [7, 11) is 1.57. The van der Waals surface area contributed by atoms with Gasteiger partial charge in [-0.1, -0.05) is 90.5 Å². The standard InChI is InChI=1S/C35H27NO4/c1-21-15-17-28-23(19-21)16-18-29-35(33(38)26-13-6-7-14-27(26)34(35)39)30(22-9-4-3-5-10-22)31(36(28)29)32(37)24-11-8-12-25(20-24)40-2/h3-20,29-31H,1-2H3. The molecule has 4 aromatic rings. The number of carbonyl (C=O) groups excluding carboxylic acids is 3. The molecule has 4 aromatic carbocycles. The van der Waals surface area contributed by atoms with Crippen LogP contribution in [0, 0.1) is 12.3 Å². The fourth-order valence-electron chi connectivity index (χ4n) is 7.08. The van der Waals surface area contributed by atoms with Gasteiger partial charge in [0.15, 0.2) is 17.3 Å². The molecule has 0 radical (unpaired) electrons. The molecule has 7 rings (SSSR count). The zero-order valence-corrected chi connectivity index (χ0v) is 22.2. The molecule has 2 heterocycles. The van der Waals surface area contributed by atoms with Crippen LogP contribution in [0.2, 0.25) is 0 Å². The van der Waals surface area contributed by atoms with Gasteiger partial charge in [-0.05, 0) is 42.3 Å². The lowest BCUT2D eigenvalue weighted by Crippen LogP contribution is -2.48. The number of hydrogen-bond acceptors (Lipinski definition) is 5. The Balaban J connectivity index is 1.54. The molecule has 1 aliphatic carbocycles. The Morgan fingerprint density at radius 1 is 0.825 bits per heavy atom. The summed E-state index contributed by atoms with van der Waals surface area (Å²) in [5.41, 5.74) is 3.49. The lowest BCUT2D eigenvalue weighted by molar-refractivity contribution is 0.0666. The number of benzene rings is 4. The van der Waals surface area contributed by atoms with E-state index in [4.69, 9.17) is 4.74 Å². The summed E-state index contributed by atoms with van der Waals surface area (Å²) < 4.78 is 5.44. The molecule has 1 saturated heterocycles. The Kier molecular flexibility index (Phi) is 5.39. The van der Waals surface area contributed by atoms with Gasteiger partial charge >= 0.3 is 0 Å². The quantitative estimate of drug-likeness (QED) is 0.231. The Morgan fingerprint density at radius 3 is 2.23 bits per heavy atom. The van der Waals surface area contributed by atoms with Crippen LogP contribution in [0.15, 0.2) is 103 Å². The van der Waals surface area contributed by atoms with Gasteiger partial charge in [-0.25, -0.2) is 0 Å². The molecule has 3 atom stereocenters. The number of ketones is 3. The van der Waals surface area contributed by atoms with Crippen LogP contribution in [0.4, 0.5) is 5.69 Å². The average molecular weight is 526 g/mol. The number of aryl methyl sites for hydroxylation is 1. The third-order valence-corrected chi connectivity index (χ3v) is 8.74. The second-order valence-electron chi connectivity index (χ2n) is 10.8. The third-order valence-electron chi connectivity index (χ3n) is 8.74. The van der Waals surface area contributed by atoms with Crippen LogP contribution in [0.3, 0.4) is 0 Å². The summed E-state index contributed by atoms with van der Waals surface area (Å²) >= 11 is 0. The number of fused-ring (bicyclic) bond motifs is 5. The minimum atomic E-state index is -1.50. The van der Waals surface area contributed by atoms with Crippen LogP contribution in [0.1, 0.15) is 53.7 Å². The van der Waals surface area contributed by atoms with Crippen LogP contribution in [0.5, 0.6) is 5.75 Å². The highest BCUT2D eigenvalue weighted by atomic mass is 16.5. The average Bonchev–Trinajstić information content (AvgIpc) is 3.43. The predicted octanol–water partition coefficient (Wildman–Crippen LogP) is 6.32. The molecule has 5 heteroatoms. The summed E-state index contributed by atoms with van der Waals surface area (Å²) in [6.45, 7) is 2.03. The van der Waals surface area contributed by atoms with E-state index in [0.717, 1.165) is 22.4 Å². The Hall–Kier alpha value is -4.77. The molecule has 1 fully saturated rings. The van der Waals surface area contributed by atoms with E-state index in [1.54, 1.807) is 55.6 Å². The lowest BCUT2D eigenvalue weighted by atomic mass is 9.64. The van der Waals surface area contributed by atoms with E-state index in [0.29, 0.717) is 22.4 Å². The minimum Gasteiger partial charge on any atom is -0.497 e. The van der Waals surface area contributed by atoms with Crippen LogP contribution in [0.25, 0.3) is 6.08 Å². The summed E-state index contributed by atoms with van der Waals surface area (Å²) in [4.78, 5) is 46.0. The van der Waals surface area contributed by atoms with E-state index in [1.165, 1.54) is 0 Å². The number of nitrogens with zero attached hydrogens (tertiary/aromatic N) is 1. The molecule has 2 aliphatic heterocycles. The van der Waals surface area contributed by atoms with Gasteiger partial charge in [0, 0.05) is 28.3 Å². The zero-order valence-electron chi connectivity index (χ0n) is 22.2. The van der Waals surface area contributed by atoms with Crippen LogP contribution in [-0.4, -0.2) is 36.5 Å². The van der Waals surface area contributed by atoms with Crippen LogP contribution >= 0.6 is 0 Å². The molecule has 0 bridgehead atoms. The van der Waals surface area contributed by atoms with E-state index in [-0.39, 0.29) is 17.3 Å². The number of rotatable bonds is 4. The highest BCUT2D eigenvalue weighted by molar-refractivity contribution is 6.32. The van der Waals surface area contributed by atoms with Gasteiger partial charge in [0.2, 0.25) is 0 Å². The zero-order chi connectivity index (χ0) is 27.6. The number of ether oxygens (including phenoxy) is 1. The van der Waals surface area contributed by atoms with E-state index in [9.17, 15) is 14.4 Å². The number of hydrogen-bond donors (Lipinski definition) is 0. The first-order valence-electron chi connectivity index (χ1n) is 13.5. The highest BCUT2D eigenvalue weighted by Gasteiger charge is 2.71. The largest absolute Gasteiger partial charge is 0.497 e. The highest BCUT2D eigenvalue weighted by Crippen LogP contribution is 2.61. The molecular weight excluding hydrogens is 498 g/mol. The molecule has 40 heavy (non-hydrogen) atoms. The molecule has 196 valence electrons. The van der Waals surface area contributed by atoms with Crippen molar-refractivity contribution in [1.82, 2.24) is 0 Å². The maximum atomic E-state index is 14.7. The van der Waals surface area contributed by atoms with Crippen LogP contribution < -0.4 is 9.64 Å². The van der Waals surface area contributed by atoms with Gasteiger partial charge in [-0.3, -0.25) is 14.4 Å². The van der Waals surface area contributed by atoms with Crippen molar-refractivity contribution in [2.75, 3.05) is 12.0 Å². The molecule has 5 nitrogen and oxygen atoms in total. The second-order valence-corrected chi connectivity index (χ2v) is 10.8. The van der Waals surface area contributed by atoms with Crippen molar-refractivity contribution in [3.8, 4) is 5.75 Å². The van der Waals surface area contributed by atoms with Crippen molar-refractivity contribution in [2.45, 2.75) is 24.9 Å². The third kappa shape index (κ3) is 3.18. The molecule has 1 spiro atoms. The normalized spacial score (nSPS) is 21.8. The topological polar surface area (TPSA) is 63.7 Å². The van der Waals surface area contributed by atoms with E-state index in [1.807, 2.05) is 66.4 Å². The Bertz CT molecular complexity index is 1700. The van der Waals surface area contributed by atoms with Gasteiger partial charge in [-0.2, -0.15) is 0 Å². The van der Waals surface area contributed by atoms with Crippen molar-refractivity contribution in [1.29, 1.82) is 0 Å². The fourth-order valence-corrected chi connectivity index (χ4v) is 7.08. The first kappa shape index (κ1) is 24.3. The van der Waals surface area contributed by atoms with Gasteiger partial charge in [0.05, 0.1) is 13.2 Å². The fraction of sp³-hybridized carbons (Fsp3) is 0.171. The van der Waals surface area contributed by atoms with E-state index >= 15 is 0 Å². The summed E-state index contributed by atoms with van der Waals surface area (Å²) in [6.07, 6.45) is 3.95. The maximum absolute atomic E-state index is 14.7. The van der Waals surface area contributed by atoms with Crippen molar-refractivity contribution in [3.05, 3.63) is 137 Å². The van der Waals surface area contributed by atoms with Gasteiger partial charge in [0.1, 0.15) is 17.2 Å². The van der Waals surface area contributed by atoms with Crippen molar-refractivity contribution < 1.29 is 19.1 Å². The second kappa shape index (κ2) is 8.88. The molecule has 3 aliphatic rings. The molecular formula is C35H27NO4. The lowest BCUT2D eigenvalue weighted by Gasteiger charge is -2.37. The van der Waals surface area contributed by atoms with Crippen molar-refractivity contribution in [3.63, 3.8) is 0 Å². The smallest absolute Gasteiger partial charge is 0.186 e. The number of anilines is 1. The predicted molar refractivity (Wildman–Crippen MR) is 154 cm³/mol. The molecule has 0 N–H and O–H groups in total. The molecule has 0 saturated carbocycles. The Labute approximate surface area is 232 Å². The Morgan fingerprint density at radius 2 is 1.52 bits per heavy atom. The monoisotopic (exact) mass is 525 g/mol. The van der Waals surface area contributed by atoms with Crippen LogP contribution in [-0.2, 0) is 0 Å². The van der Waals surface area contributed by atoms with Gasteiger partial charge in [0.25, 0.3) is 0 Å². The molecule has 3 unspecified atom stereocenters. The first-order chi connectivity index (χ1) is 19.5. The van der Waals surface area contributed by atoms with Crippen molar-refractivity contribution in [2.24, 2.45) is 5.41 Å². The SMILES string of the molecule is COc1cccc(C(=O)C2C(c3ccccc3)C3(C(=O)c4ccccc4C3=O)C3C=Cc4cc(C)ccc4N23)c1. The van der Waals surface area contributed by atoms with Crippen molar-refractivity contribution >= 4 is 29.1 Å². The molecule has 0 amide bonds. The molecule has 0 aromatic heterocycles. The van der Waals surface area contributed by atoms with E-state index in [2.05, 4.69) is 6.07 Å². The number of methoxy groups -OCH3 is 1. The van der Waals surface area contributed by atoms with Gasteiger partial charge in [-0.15, -0.1) is 0 Å². The summed E-state index contributed by atoms with van der Waals surface area (Å²) in [5.74, 6) is -0.757. The maximum Gasteiger partial charge on any atom is 0.186 e. The minimum absolute atomic E-state index is 0.159. The first-order valence-corrected chi connectivity index (χ1v) is 13.5. The van der Waals surface area contributed by atoms with E-state index < -0.39 is 23.4 Å².